The third-order valence-corrected chi connectivity index (χ3v) is 8.83. The summed E-state index contributed by atoms with van der Waals surface area (Å²) in [5, 5.41) is 0. The zero-order chi connectivity index (χ0) is 18.6. The summed E-state index contributed by atoms with van der Waals surface area (Å²) in [6.45, 7) is 2.07. The molecule has 0 aliphatic carbocycles. The van der Waals surface area contributed by atoms with Crippen molar-refractivity contribution in [2.24, 2.45) is 0 Å². The molecule has 0 saturated heterocycles. The predicted octanol–water partition coefficient (Wildman–Crippen LogP) is 2.96. The molecule has 0 radical (unpaired) electrons. The zero-order valence-corrected chi connectivity index (χ0v) is 16.7. The maximum absolute atomic E-state index is 13.1. The number of hydrogen-bond acceptors (Lipinski definition) is 4. The fourth-order valence-electron chi connectivity index (χ4n) is 2.61. The third kappa shape index (κ3) is 3.85. The molecule has 136 valence electrons. The van der Waals surface area contributed by atoms with Gasteiger partial charge in [0.1, 0.15) is 0 Å². The van der Waals surface area contributed by atoms with Crippen molar-refractivity contribution in [2.45, 2.75) is 21.6 Å². The maximum atomic E-state index is 13.1. The molecule has 0 spiro atoms. The molecule has 0 N–H and O–H groups in total. The van der Waals surface area contributed by atoms with Crippen LogP contribution in [-0.2, 0) is 19.6 Å². The second kappa shape index (κ2) is 8.08. The number of benzene rings is 2. The molecule has 0 bridgehead atoms. The Kier molecular flexibility index (Phi) is 5.81. The summed E-state index contributed by atoms with van der Waals surface area (Å²) < 4.78 is 32.8. The summed E-state index contributed by atoms with van der Waals surface area (Å²) in [5.41, 5.74) is 0.866. The molecule has 0 unspecified atom stereocenters. The predicted molar refractivity (Wildman–Crippen MR) is 99.9 cm³/mol. The van der Waals surface area contributed by atoms with E-state index in [2.05, 4.69) is 0 Å². The van der Waals surface area contributed by atoms with Crippen molar-refractivity contribution in [1.29, 1.82) is 0 Å². The van der Waals surface area contributed by atoms with E-state index < -0.39 is 19.8 Å². The van der Waals surface area contributed by atoms with Gasteiger partial charge in [0.25, 0.3) is 0 Å². The standard InChI is InChI=1S/C19H19NO4SSe/c1-2-24-19(21)17-13-14-20(18(26-17)15-9-5-3-6-10-15)25(22,23)16-11-7-4-8-12-16/h3-14,17-18H,2H2,1H3/t17-,18-/m0/s1. The summed E-state index contributed by atoms with van der Waals surface area (Å²) >= 11 is -0.343. The van der Waals surface area contributed by atoms with Crippen LogP contribution >= 0.6 is 0 Å². The van der Waals surface area contributed by atoms with Crippen LogP contribution in [0.4, 0.5) is 0 Å². The van der Waals surface area contributed by atoms with Crippen molar-refractivity contribution >= 4 is 30.9 Å². The van der Waals surface area contributed by atoms with Crippen molar-refractivity contribution in [1.82, 2.24) is 4.31 Å². The Hall–Kier alpha value is -2.08. The Labute approximate surface area is 159 Å². The van der Waals surface area contributed by atoms with Crippen LogP contribution < -0.4 is 0 Å². The number of ether oxygens (including phenoxy) is 1. The first-order chi connectivity index (χ1) is 12.5. The van der Waals surface area contributed by atoms with Crippen LogP contribution in [0.3, 0.4) is 0 Å². The Bertz CT molecular complexity index is 884. The summed E-state index contributed by atoms with van der Waals surface area (Å²) in [7, 11) is -3.71. The molecule has 2 aromatic rings. The molecule has 0 saturated carbocycles. The number of esters is 1. The SMILES string of the molecule is CCOC(=O)[C@@H]1C=CN(S(=O)(=O)c2ccccc2)[C@H](c2ccccc2)[Se]1. The quantitative estimate of drug-likeness (QED) is 0.534. The van der Waals surface area contributed by atoms with Crippen LogP contribution in [0.25, 0.3) is 0 Å². The van der Waals surface area contributed by atoms with Gasteiger partial charge in [-0.15, -0.1) is 0 Å². The number of nitrogens with zero attached hydrogens (tertiary/aromatic N) is 1. The molecule has 2 atom stereocenters. The number of carbonyl (C=O) groups excluding carboxylic acids is 1. The Morgan fingerprint density at radius 1 is 1.08 bits per heavy atom. The first kappa shape index (κ1) is 18.7. The second-order valence-corrected chi connectivity index (χ2v) is 9.98. The fourth-order valence-corrected chi connectivity index (χ4v) is 7.28. The zero-order valence-electron chi connectivity index (χ0n) is 14.2. The van der Waals surface area contributed by atoms with Gasteiger partial charge in [-0.25, -0.2) is 0 Å². The van der Waals surface area contributed by atoms with Gasteiger partial charge in [0.2, 0.25) is 0 Å². The monoisotopic (exact) mass is 437 g/mol. The molecular formula is C19H19NO4SSe. The Morgan fingerprint density at radius 3 is 2.31 bits per heavy atom. The Balaban J connectivity index is 2.01. The number of sulfonamides is 1. The van der Waals surface area contributed by atoms with Crippen LogP contribution in [0.2, 0.25) is 4.82 Å². The summed E-state index contributed by atoms with van der Waals surface area (Å²) in [6.07, 6.45) is 3.14. The molecule has 0 amide bonds. The second-order valence-electron chi connectivity index (χ2n) is 5.56. The van der Waals surface area contributed by atoms with E-state index >= 15 is 0 Å². The van der Waals surface area contributed by atoms with E-state index in [-0.39, 0.29) is 25.8 Å². The van der Waals surface area contributed by atoms with E-state index in [0.29, 0.717) is 6.61 Å². The van der Waals surface area contributed by atoms with Gasteiger partial charge in [-0.2, -0.15) is 0 Å². The van der Waals surface area contributed by atoms with E-state index in [0.717, 1.165) is 5.56 Å². The molecule has 7 heteroatoms. The molecule has 2 aromatic carbocycles. The average Bonchev–Trinajstić information content (AvgIpc) is 2.69. The molecule has 0 aromatic heterocycles. The molecule has 1 heterocycles. The molecular weight excluding hydrogens is 417 g/mol. The molecule has 1 aliphatic heterocycles. The van der Waals surface area contributed by atoms with Crippen molar-refractivity contribution < 1.29 is 17.9 Å². The summed E-state index contributed by atoms with van der Waals surface area (Å²) in [4.78, 5) is 11.6. The Morgan fingerprint density at radius 2 is 1.69 bits per heavy atom. The van der Waals surface area contributed by atoms with Crippen molar-refractivity contribution in [3.63, 3.8) is 0 Å². The van der Waals surface area contributed by atoms with Gasteiger partial charge in [-0.1, -0.05) is 0 Å². The number of hydrogen-bond donors (Lipinski definition) is 0. The minimum absolute atomic E-state index is 0.232. The van der Waals surface area contributed by atoms with Gasteiger partial charge < -0.3 is 0 Å². The first-order valence-electron chi connectivity index (χ1n) is 8.18. The van der Waals surface area contributed by atoms with Crippen LogP contribution in [0.5, 0.6) is 0 Å². The first-order valence-corrected chi connectivity index (χ1v) is 11.6. The van der Waals surface area contributed by atoms with Crippen LogP contribution in [0.15, 0.2) is 77.8 Å². The van der Waals surface area contributed by atoms with Gasteiger partial charge in [-0.05, 0) is 0 Å². The molecule has 1 aliphatic rings. The van der Waals surface area contributed by atoms with Gasteiger partial charge in [-0.3, -0.25) is 0 Å². The van der Waals surface area contributed by atoms with E-state index in [9.17, 15) is 13.2 Å². The molecule has 26 heavy (non-hydrogen) atoms. The normalized spacial score (nSPS) is 20.0. The van der Waals surface area contributed by atoms with Gasteiger partial charge in [0.15, 0.2) is 0 Å². The van der Waals surface area contributed by atoms with Gasteiger partial charge >= 0.3 is 160 Å². The van der Waals surface area contributed by atoms with Gasteiger partial charge in [0.05, 0.1) is 0 Å². The summed E-state index contributed by atoms with van der Waals surface area (Å²) in [6, 6.07) is 17.7. The van der Waals surface area contributed by atoms with E-state index in [4.69, 9.17) is 4.74 Å². The van der Waals surface area contributed by atoms with Crippen LogP contribution in [-0.4, -0.2) is 40.3 Å². The number of carbonyl (C=O) groups is 1. The molecule has 5 nitrogen and oxygen atoms in total. The average molecular weight is 436 g/mol. The topological polar surface area (TPSA) is 63.7 Å². The van der Waals surface area contributed by atoms with Gasteiger partial charge in [0, 0.05) is 0 Å². The van der Waals surface area contributed by atoms with Crippen molar-refractivity contribution in [3.8, 4) is 0 Å². The van der Waals surface area contributed by atoms with E-state index in [1.54, 1.807) is 43.3 Å². The minimum atomic E-state index is -3.71. The summed E-state index contributed by atoms with van der Waals surface area (Å²) in [5.74, 6) is -0.304. The molecule has 0 fully saturated rings. The molecule has 3 rings (SSSR count). The fraction of sp³-hybridized carbons (Fsp3) is 0.211. The number of rotatable bonds is 5. The van der Waals surface area contributed by atoms with Crippen molar-refractivity contribution in [2.75, 3.05) is 6.61 Å². The third-order valence-electron chi connectivity index (χ3n) is 3.84. The van der Waals surface area contributed by atoms with E-state index in [1.165, 1.54) is 10.5 Å². The van der Waals surface area contributed by atoms with Crippen LogP contribution in [0.1, 0.15) is 17.4 Å². The van der Waals surface area contributed by atoms with Crippen LogP contribution in [0, 0.1) is 0 Å². The van der Waals surface area contributed by atoms with Crippen molar-refractivity contribution in [3.05, 3.63) is 78.5 Å². The van der Waals surface area contributed by atoms with E-state index in [1.807, 2.05) is 30.3 Å².